The summed E-state index contributed by atoms with van der Waals surface area (Å²) in [5.41, 5.74) is 0. The molecule has 190 valence electrons. The highest BCUT2D eigenvalue weighted by atomic mass is 16.7. The fourth-order valence-corrected chi connectivity index (χ4v) is 3.85. The molecule has 0 aromatic rings. The van der Waals surface area contributed by atoms with Gasteiger partial charge in [-0.2, -0.15) is 0 Å². The number of rotatable bonds is 23. The van der Waals surface area contributed by atoms with Crippen LogP contribution < -0.4 is 0 Å². The third-order valence-corrected chi connectivity index (χ3v) is 5.88. The maximum Gasteiger partial charge on any atom is 0.313 e. The van der Waals surface area contributed by atoms with E-state index < -0.39 is 30.8 Å². The maximum atomic E-state index is 11.5. The second-order valence-electron chi connectivity index (χ2n) is 9.23. The molecule has 6 heteroatoms. The maximum absolute atomic E-state index is 11.5. The van der Waals surface area contributed by atoms with E-state index in [9.17, 15) is 9.59 Å². The lowest BCUT2D eigenvalue weighted by molar-refractivity contribution is -0.314. The van der Waals surface area contributed by atoms with Crippen LogP contribution in [0.4, 0.5) is 0 Å². The minimum Gasteiger partial charge on any atom is -0.393 e. The molecule has 32 heavy (non-hydrogen) atoms. The van der Waals surface area contributed by atoms with E-state index in [-0.39, 0.29) is 6.42 Å². The standard InChI is InChI=1S/C26H50O6/c1-2-3-4-5-6-7-8-9-10-11-12-13-14-15-16-17-18-19-20-21-24(27)32-25(28)22-23-26(29,30)31/h29-31H,2-23H2,1H3. The summed E-state index contributed by atoms with van der Waals surface area (Å²) in [6, 6.07) is 0. The molecular formula is C26H50O6. The van der Waals surface area contributed by atoms with Crippen LogP contribution in [0.2, 0.25) is 0 Å². The van der Waals surface area contributed by atoms with Crippen molar-refractivity contribution >= 4 is 11.9 Å². The van der Waals surface area contributed by atoms with Crippen LogP contribution in [0, 0.1) is 0 Å². The first kappa shape index (κ1) is 31.0. The molecule has 0 spiro atoms. The predicted octanol–water partition coefficient (Wildman–Crippen LogP) is 6.29. The molecular weight excluding hydrogens is 408 g/mol. The Kier molecular flexibility index (Phi) is 21.2. The van der Waals surface area contributed by atoms with Gasteiger partial charge in [-0.05, 0) is 6.42 Å². The van der Waals surface area contributed by atoms with Crippen LogP contribution in [0.5, 0.6) is 0 Å². The van der Waals surface area contributed by atoms with Crippen molar-refractivity contribution in [2.24, 2.45) is 0 Å². The van der Waals surface area contributed by atoms with Gasteiger partial charge in [0.2, 0.25) is 0 Å². The van der Waals surface area contributed by atoms with Crippen LogP contribution >= 0.6 is 0 Å². The Morgan fingerprint density at radius 2 is 0.844 bits per heavy atom. The number of carbonyl (C=O) groups excluding carboxylic acids is 2. The normalized spacial score (nSPS) is 11.6. The van der Waals surface area contributed by atoms with Gasteiger partial charge in [0.15, 0.2) is 0 Å². The zero-order valence-electron chi connectivity index (χ0n) is 20.6. The van der Waals surface area contributed by atoms with Crippen molar-refractivity contribution < 1.29 is 29.6 Å². The molecule has 0 aliphatic heterocycles. The first-order valence-corrected chi connectivity index (χ1v) is 13.3. The van der Waals surface area contributed by atoms with Crippen molar-refractivity contribution in [3.05, 3.63) is 0 Å². The topological polar surface area (TPSA) is 104 Å². The van der Waals surface area contributed by atoms with Crippen molar-refractivity contribution in [2.45, 2.75) is 154 Å². The third kappa shape index (κ3) is 25.3. The number of carbonyl (C=O) groups is 2. The van der Waals surface area contributed by atoms with Crippen molar-refractivity contribution in [2.75, 3.05) is 0 Å². The van der Waals surface area contributed by atoms with Crippen molar-refractivity contribution in [3.8, 4) is 0 Å². The van der Waals surface area contributed by atoms with Gasteiger partial charge >= 0.3 is 11.9 Å². The van der Waals surface area contributed by atoms with E-state index in [1.807, 2.05) is 0 Å². The Morgan fingerprint density at radius 3 is 1.19 bits per heavy atom. The molecule has 6 nitrogen and oxygen atoms in total. The van der Waals surface area contributed by atoms with Crippen LogP contribution in [0.3, 0.4) is 0 Å². The molecule has 0 saturated carbocycles. The van der Waals surface area contributed by atoms with E-state index in [4.69, 9.17) is 15.3 Å². The van der Waals surface area contributed by atoms with Crippen molar-refractivity contribution in [1.82, 2.24) is 0 Å². The second kappa shape index (κ2) is 21.8. The Morgan fingerprint density at radius 1 is 0.531 bits per heavy atom. The van der Waals surface area contributed by atoms with Gasteiger partial charge in [-0.3, -0.25) is 9.59 Å². The first-order chi connectivity index (χ1) is 15.3. The second-order valence-corrected chi connectivity index (χ2v) is 9.23. The highest BCUT2D eigenvalue weighted by molar-refractivity contribution is 5.85. The Labute approximate surface area is 196 Å². The summed E-state index contributed by atoms with van der Waals surface area (Å²) < 4.78 is 4.57. The molecule has 0 fully saturated rings. The monoisotopic (exact) mass is 458 g/mol. The van der Waals surface area contributed by atoms with E-state index in [0.29, 0.717) is 6.42 Å². The molecule has 0 aromatic heterocycles. The highest BCUT2D eigenvalue weighted by Gasteiger charge is 2.21. The van der Waals surface area contributed by atoms with Crippen LogP contribution in [0.15, 0.2) is 0 Å². The SMILES string of the molecule is CCCCCCCCCCCCCCCCCCCCCC(=O)OC(=O)CCC(O)(O)O. The molecule has 0 bridgehead atoms. The Bertz CT molecular complexity index is 444. The molecule has 0 unspecified atom stereocenters. The number of unbranched alkanes of at least 4 members (excludes halogenated alkanes) is 18. The zero-order chi connectivity index (χ0) is 23.9. The summed E-state index contributed by atoms with van der Waals surface area (Å²) in [7, 11) is 0. The molecule has 0 aromatic carbocycles. The average molecular weight is 459 g/mol. The lowest BCUT2D eigenvalue weighted by Gasteiger charge is -2.12. The molecule has 0 rings (SSSR count). The van der Waals surface area contributed by atoms with Crippen LogP contribution in [-0.2, 0) is 14.3 Å². The summed E-state index contributed by atoms with van der Waals surface area (Å²) in [5.74, 6) is -4.36. The van der Waals surface area contributed by atoms with Gasteiger partial charge in [-0.25, -0.2) is 0 Å². The van der Waals surface area contributed by atoms with Gasteiger partial charge in [0, 0.05) is 12.8 Å². The molecule has 0 heterocycles. The van der Waals surface area contributed by atoms with Gasteiger partial charge in [-0.1, -0.05) is 122 Å². The van der Waals surface area contributed by atoms with E-state index >= 15 is 0 Å². The number of ether oxygens (including phenoxy) is 1. The summed E-state index contributed by atoms with van der Waals surface area (Å²) in [6.45, 7) is 2.27. The minimum atomic E-state index is -2.91. The first-order valence-electron chi connectivity index (χ1n) is 13.3. The van der Waals surface area contributed by atoms with Crippen molar-refractivity contribution in [1.29, 1.82) is 0 Å². The summed E-state index contributed by atoms with van der Waals surface area (Å²) in [5, 5.41) is 26.1. The number of hydrogen-bond donors (Lipinski definition) is 3. The van der Waals surface area contributed by atoms with E-state index in [1.165, 1.54) is 103 Å². The van der Waals surface area contributed by atoms with Gasteiger partial charge in [0.1, 0.15) is 0 Å². The molecule has 0 radical (unpaired) electrons. The molecule has 0 aliphatic carbocycles. The molecule has 0 atom stereocenters. The minimum absolute atomic E-state index is 0.188. The zero-order valence-corrected chi connectivity index (χ0v) is 20.6. The van der Waals surface area contributed by atoms with E-state index in [0.717, 1.165) is 12.8 Å². The molecule has 0 saturated heterocycles. The molecule has 0 amide bonds. The lowest BCUT2D eigenvalue weighted by Crippen LogP contribution is -2.28. The smallest absolute Gasteiger partial charge is 0.313 e. The largest absolute Gasteiger partial charge is 0.393 e. The quantitative estimate of drug-likeness (QED) is 0.0719. The van der Waals surface area contributed by atoms with Crippen LogP contribution in [0.25, 0.3) is 0 Å². The lowest BCUT2D eigenvalue weighted by atomic mass is 10.0. The predicted molar refractivity (Wildman–Crippen MR) is 128 cm³/mol. The molecule has 0 aliphatic rings. The highest BCUT2D eigenvalue weighted by Crippen LogP contribution is 2.15. The van der Waals surface area contributed by atoms with Crippen LogP contribution in [0.1, 0.15) is 148 Å². The van der Waals surface area contributed by atoms with Gasteiger partial charge < -0.3 is 20.1 Å². The van der Waals surface area contributed by atoms with E-state index in [1.54, 1.807) is 0 Å². The Hall–Kier alpha value is -0.980. The summed E-state index contributed by atoms with van der Waals surface area (Å²) in [6.07, 6.45) is 23.7. The summed E-state index contributed by atoms with van der Waals surface area (Å²) in [4.78, 5) is 22.9. The Balaban J connectivity index is 3.25. The number of esters is 2. The van der Waals surface area contributed by atoms with E-state index in [2.05, 4.69) is 11.7 Å². The average Bonchev–Trinajstić information content (AvgIpc) is 2.73. The van der Waals surface area contributed by atoms with Crippen LogP contribution in [-0.4, -0.2) is 33.2 Å². The fourth-order valence-electron chi connectivity index (χ4n) is 3.85. The summed E-state index contributed by atoms with van der Waals surface area (Å²) >= 11 is 0. The fraction of sp³-hybridized carbons (Fsp3) is 0.923. The van der Waals surface area contributed by atoms with Gasteiger partial charge in [-0.15, -0.1) is 0 Å². The van der Waals surface area contributed by atoms with Gasteiger partial charge in [0.25, 0.3) is 5.97 Å². The molecule has 3 N–H and O–H groups in total. The van der Waals surface area contributed by atoms with Gasteiger partial charge in [0.05, 0.1) is 6.42 Å². The number of hydrogen-bond acceptors (Lipinski definition) is 6. The van der Waals surface area contributed by atoms with Crippen molar-refractivity contribution in [3.63, 3.8) is 0 Å². The number of aliphatic hydroxyl groups is 3. The third-order valence-electron chi connectivity index (χ3n) is 5.88.